The van der Waals surface area contributed by atoms with E-state index in [1.165, 1.54) is 4.57 Å². The van der Waals surface area contributed by atoms with Gasteiger partial charge in [-0.1, -0.05) is 13.8 Å². The van der Waals surface area contributed by atoms with Crippen molar-refractivity contribution in [2.75, 3.05) is 6.54 Å². The summed E-state index contributed by atoms with van der Waals surface area (Å²) in [5.74, 6) is 0.498. The minimum absolute atomic E-state index is 0.00544. The highest BCUT2D eigenvalue weighted by atomic mass is 16.2. The van der Waals surface area contributed by atoms with Crippen LogP contribution in [-0.4, -0.2) is 26.9 Å². The molecular weight excluding hydrogens is 222 g/mol. The van der Waals surface area contributed by atoms with Gasteiger partial charge in [0.05, 0.1) is 5.54 Å². The van der Waals surface area contributed by atoms with Crippen LogP contribution in [0.1, 0.15) is 39.4 Å². The van der Waals surface area contributed by atoms with Gasteiger partial charge in [-0.2, -0.15) is 0 Å². The highest BCUT2D eigenvalue weighted by Crippen LogP contribution is 2.18. The maximum absolute atomic E-state index is 12.0. The van der Waals surface area contributed by atoms with E-state index in [0.29, 0.717) is 10.5 Å². The third kappa shape index (κ3) is 2.23. The molecule has 1 aromatic heterocycles. The lowest BCUT2D eigenvalue weighted by atomic mass is 10.0. The Morgan fingerprint density at radius 3 is 2.35 bits per heavy atom. The van der Waals surface area contributed by atoms with E-state index in [1.807, 2.05) is 27.7 Å². The zero-order valence-electron chi connectivity index (χ0n) is 10.6. The number of carbonyl (C=O) groups is 1. The number of amides is 1. The molecule has 1 aromatic rings. The van der Waals surface area contributed by atoms with Crippen molar-refractivity contribution < 1.29 is 4.79 Å². The first-order chi connectivity index (χ1) is 7.72. The predicted molar refractivity (Wildman–Crippen MR) is 63.9 cm³/mol. The molecule has 4 N–H and O–H groups in total. The molecule has 1 amide bonds. The van der Waals surface area contributed by atoms with E-state index in [9.17, 15) is 9.59 Å². The molecule has 1 rings (SSSR count). The van der Waals surface area contributed by atoms with Crippen LogP contribution in [0.25, 0.3) is 0 Å². The van der Waals surface area contributed by atoms with Crippen molar-refractivity contribution in [3.05, 3.63) is 16.3 Å². The molecule has 0 aliphatic carbocycles. The number of primary amides is 1. The highest BCUT2D eigenvalue weighted by Gasteiger charge is 2.29. The smallest absolute Gasteiger partial charge is 0.350 e. The van der Waals surface area contributed by atoms with Crippen molar-refractivity contribution >= 4 is 6.03 Å². The van der Waals surface area contributed by atoms with Gasteiger partial charge in [-0.3, -0.25) is 4.57 Å². The summed E-state index contributed by atoms with van der Waals surface area (Å²) in [6, 6.07) is -0.886. The first kappa shape index (κ1) is 13.4. The summed E-state index contributed by atoms with van der Waals surface area (Å²) in [4.78, 5) is 23.2. The van der Waals surface area contributed by atoms with E-state index in [0.717, 1.165) is 0 Å². The van der Waals surface area contributed by atoms with Crippen LogP contribution in [0.5, 0.6) is 0 Å². The predicted octanol–water partition coefficient (Wildman–Crippen LogP) is -0.211. The number of nitrogens with two attached hydrogens (primary N) is 2. The summed E-state index contributed by atoms with van der Waals surface area (Å²) in [7, 11) is 0. The Labute approximate surface area is 99.4 Å². The van der Waals surface area contributed by atoms with E-state index < -0.39 is 17.3 Å². The largest absolute Gasteiger partial charge is 0.355 e. The second-order valence-electron chi connectivity index (χ2n) is 4.90. The molecule has 7 heteroatoms. The van der Waals surface area contributed by atoms with Crippen molar-refractivity contribution in [2.45, 2.75) is 39.2 Å². The number of carbonyl (C=O) groups excluding carboxylic acids is 1. The molecule has 1 heterocycles. The Bertz CT molecular complexity index is 483. The zero-order valence-corrected chi connectivity index (χ0v) is 10.6. The van der Waals surface area contributed by atoms with Gasteiger partial charge < -0.3 is 11.5 Å². The Morgan fingerprint density at radius 1 is 1.47 bits per heavy atom. The van der Waals surface area contributed by atoms with E-state index in [-0.39, 0.29) is 12.5 Å². The lowest BCUT2D eigenvalue weighted by Gasteiger charge is -2.25. The van der Waals surface area contributed by atoms with Crippen LogP contribution in [-0.2, 0) is 5.54 Å². The zero-order chi connectivity index (χ0) is 13.4. The fourth-order valence-corrected chi connectivity index (χ4v) is 1.56. The van der Waals surface area contributed by atoms with Crippen LogP contribution < -0.4 is 17.2 Å². The van der Waals surface area contributed by atoms with Crippen LogP contribution >= 0.6 is 0 Å². The summed E-state index contributed by atoms with van der Waals surface area (Å²) in [5, 5.41) is 3.96. The fourth-order valence-electron chi connectivity index (χ4n) is 1.56. The number of nitrogens with zero attached hydrogens (tertiary/aromatic N) is 3. The van der Waals surface area contributed by atoms with Gasteiger partial charge in [0.2, 0.25) is 0 Å². The monoisotopic (exact) mass is 241 g/mol. The number of hydrogen-bond donors (Lipinski definition) is 2. The SMILES string of the molecule is CC(C)c1nn(C(N)=O)c(=O)n1C(C)(C)CN. The molecule has 0 bridgehead atoms. The average molecular weight is 241 g/mol. The molecule has 0 fully saturated rings. The fraction of sp³-hybridized carbons (Fsp3) is 0.700. The minimum Gasteiger partial charge on any atom is -0.350 e. The van der Waals surface area contributed by atoms with Crippen molar-refractivity contribution in [1.29, 1.82) is 0 Å². The van der Waals surface area contributed by atoms with Crippen LogP contribution in [0, 0.1) is 0 Å². The number of hydrogen-bond acceptors (Lipinski definition) is 4. The third-order valence-electron chi connectivity index (χ3n) is 2.63. The molecule has 0 radical (unpaired) electrons. The topological polar surface area (TPSA) is 109 Å². The van der Waals surface area contributed by atoms with Gasteiger partial charge in [-0.15, -0.1) is 9.78 Å². The molecule has 0 atom stereocenters. The molecule has 96 valence electrons. The summed E-state index contributed by atoms with van der Waals surface area (Å²) in [6.45, 7) is 7.66. The van der Waals surface area contributed by atoms with E-state index in [4.69, 9.17) is 11.5 Å². The molecule has 17 heavy (non-hydrogen) atoms. The van der Waals surface area contributed by atoms with Crippen molar-refractivity contribution in [3.63, 3.8) is 0 Å². The maximum Gasteiger partial charge on any atom is 0.355 e. The molecule has 0 aliphatic heterocycles. The van der Waals surface area contributed by atoms with Crippen LogP contribution in [0.2, 0.25) is 0 Å². The summed E-state index contributed by atoms with van der Waals surface area (Å²) in [5.41, 5.74) is 9.60. The van der Waals surface area contributed by atoms with Gasteiger partial charge in [0, 0.05) is 12.5 Å². The average Bonchev–Trinajstić information content (AvgIpc) is 2.56. The Balaban J connectivity index is 3.57. The van der Waals surface area contributed by atoms with E-state index >= 15 is 0 Å². The molecule has 0 saturated carbocycles. The Kier molecular flexibility index (Phi) is 3.42. The normalized spacial score (nSPS) is 12.1. The molecule has 0 spiro atoms. The minimum atomic E-state index is -0.886. The maximum atomic E-state index is 12.0. The Morgan fingerprint density at radius 2 is 2.00 bits per heavy atom. The number of aromatic nitrogens is 3. The van der Waals surface area contributed by atoms with Crippen molar-refractivity contribution in [2.24, 2.45) is 11.5 Å². The van der Waals surface area contributed by atoms with Gasteiger partial charge in [0.25, 0.3) is 0 Å². The molecule has 0 aliphatic rings. The van der Waals surface area contributed by atoms with Crippen molar-refractivity contribution in [3.8, 4) is 0 Å². The summed E-state index contributed by atoms with van der Waals surface area (Å²) >= 11 is 0. The molecule has 0 saturated heterocycles. The van der Waals surface area contributed by atoms with Crippen LogP contribution in [0.15, 0.2) is 4.79 Å². The first-order valence-corrected chi connectivity index (χ1v) is 5.44. The van der Waals surface area contributed by atoms with Gasteiger partial charge in [-0.25, -0.2) is 9.59 Å². The molecule has 7 nitrogen and oxygen atoms in total. The summed E-state index contributed by atoms with van der Waals surface area (Å²) < 4.78 is 2.11. The van der Waals surface area contributed by atoms with E-state index in [1.54, 1.807) is 0 Å². The lowest BCUT2D eigenvalue weighted by Crippen LogP contribution is -2.44. The van der Waals surface area contributed by atoms with Gasteiger partial charge in [0.1, 0.15) is 5.82 Å². The van der Waals surface area contributed by atoms with Crippen LogP contribution in [0.4, 0.5) is 4.79 Å². The first-order valence-electron chi connectivity index (χ1n) is 5.44. The molecular formula is C10H19N5O2. The third-order valence-corrected chi connectivity index (χ3v) is 2.63. The highest BCUT2D eigenvalue weighted by molar-refractivity contribution is 5.73. The second kappa shape index (κ2) is 4.33. The second-order valence-corrected chi connectivity index (χ2v) is 4.90. The van der Waals surface area contributed by atoms with E-state index in [2.05, 4.69) is 5.10 Å². The van der Waals surface area contributed by atoms with Crippen molar-refractivity contribution in [1.82, 2.24) is 14.3 Å². The molecule has 0 aromatic carbocycles. The lowest BCUT2D eigenvalue weighted by molar-refractivity contribution is 0.246. The number of rotatable bonds is 3. The van der Waals surface area contributed by atoms with Crippen LogP contribution in [0.3, 0.4) is 0 Å². The molecule has 0 unspecified atom stereocenters. The van der Waals surface area contributed by atoms with Gasteiger partial charge in [-0.05, 0) is 13.8 Å². The van der Waals surface area contributed by atoms with Gasteiger partial charge in [0.15, 0.2) is 0 Å². The Hall–Kier alpha value is -1.63. The quantitative estimate of drug-likeness (QED) is 0.762. The standard InChI is InChI=1S/C10H19N5O2/c1-6(2)7-13-15(8(12)16)9(17)14(7)10(3,4)5-11/h6H,5,11H2,1-4H3,(H2,12,16). The summed E-state index contributed by atoms with van der Waals surface area (Å²) in [6.07, 6.45) is 0. The van der Waals surface area contributed by atoms with Gasteiger partial charge >= 0.3 is 11.7 Å².